The Labute approximate surface area is 189 Å². The average molecular weight is 465 g/mol. The van der Waals surface area contributed by atoms with Gasteiger partial charge in [0.05, 0.1) is 21.1 Å². The van der Waals surface area contributed by atoms with E-state index < -0.39 is 15.8 Å². The molecule has 1 fully saturated rings. The summed E-state index contributed by atoms with van der Waals surface area (Å²) < 4.78 is 33.3. The standard InChI is InChI=1S/C24H20N2O4S2/c27-24(28)18-5-7-20(16-3-4-16)23(14-18)32(29,30)15-19-13-17(22-9-10-25-31-22)6-8-21(19)26-11-1-2-12-26/h1-2,5-14,16H,3-4,15H2,(H,27,28). The number of carbonyl (C=O) groups is 1. The summed E-state index contributed by atoms with van der Waals surface area (Å²) in [5, 5.41) is 9.42. The Hall–Kier alpha value is -3.23. The van der Waals surface area contributed by atoms with Gasteiger partial charge >= 0.3 is 5.97 Å². The van der Waals surface area contributed by atoms with Crippen LogP contribution >= 0.6 is 11.5 Å². The van der Waals surface area contributed by atoms with E-state index in [0.717, 1.165) is 34.5 Å². The molecule has 1 aliphatic carbocycles. The molecule has 0 amide bonds. The van der Waals surface area contributed by atoms with Gasteiger partial charge < -0.3 is 9.67 Å². The van der Waals surface area contributed by atoms with Crippen molar-refractivity contribution in [2.24, 2.45) is 0 Å². The van der Waals surface area contributed by atoms with Gasteiger partial charge in [0.1, 0.15) is 0 Å². The number of benzene rings is 2. The second-order valence-corrected chi connectivity index (χ2v) is 10.7. The largest absolute Gasteiger partial charge is 0.478 e. The Morgan fingerprint density at radius 1 is 1.09 bits per heavy atom. The molecule has 2 aromatic heterocycles. The van der Waals surface area contributed by atoms with Gasteiger partial charge in [0.2, 0.25) is 0 Å². The minimum atomic E-state index is -3.79. The zero-order valence-electron chi connectivity index (χ0n) is 17.0. The Bertz CT molecular complexity index is 1390. The quantitative estimate of drug-likeness (QED) is 0.409. The van der Waals surface area contributed by atoms with Crippen molar-refractivity contribution in [3.8, 4) is 16.1 Å². The van der Waals surface area contributed by atoms with Crippen LogP contribution in [0, 0.1) is 0 Å². The van der Waals surface area contributed by atoms with Crippen LogP contribution in [-0.4, -0.2) is 28.4 Å². The molecule has 0 unspecified atom stereocenters. The van der Waals surface area contributed by atoms with E-state index in [1.165, 1.54) is 23.7 Å². The molecule has 0 atom stereocenters. The van der Waals surface area contributed by atoms with E-state index in [-0.39, 0.29) is 22.1 Å². The van der Waals surface area contributed by atoms with Gasteiger partial charge in [0, 0.05) is 24.3 Å². The molecule has 1 saturated carbocycles. The number of nitrogens with zero attached hydrogens (tertiary/aromatic N) is 2. The third-order valence-electron chi connectivity index (χ3n) is 5.64. The molecule has 162 valence electrons. The lowest BCUT2D eigenvalue weighted by molar-refractivity contribution is 0.0696. The molecule has 1 aliphatic rings. The summed E-state index contributed by atoms with van der Waals surface area (Å²) in [5.41, 5.74) is 3.02. The number of aromatic carboxylic acids is 1. The summed E-state index contributed by atoms with van der Waals surface area (Å²) in [6.45, 7) is 0. The molecule has 0 aliphatic heterocycles. The fourth-order valence-corrected chi connectivity index (χ4v) is 6.20. The third-order valence-corrected chi connectivity index (χ3v) is 8.15. The lowest BCUT2D eigenvalue weighted by Crippen LogP contribution is -2.11. The molecule has 0 spiro atoms. The Balaban J connectivity index is 1.62. The van der Waals surface area contributed by atoms with Crippen molar-refractivity contribution in [3.63, 3.8) is 0 Å². The van der Waals surface area contributed by atoms with Gasteiger partial charge in [0.15, 0.2) is 9.84 Å². The van der Waals surface area contributed by atoms with Crippen molar-refractivity contribution >= 4 is 27.3 Å². The van der Waals surface area contributed by atoms with E-state index in [0.29, 0.717) is 5.56 Å². The number of aromatic nitrogens is 2. The Morgan fingerprint density at radius 3 is 2.53 bits per heavy atom. The fourth-order valence-electron chi connectivity index (χ4n) is 3.92. The van der Waals surface area contributed by atoms with Crippen molar-refractivity contribution in [2.75, 3.05) is 0 Å². The van der Waals surface area contributed by atoms with Crippen LogP contribution in [0.5, 0.6) is 0 Å². The van der Waals surface area contributed by atoms with Crippen molar-refractivity contribution in [2.45, 2.75) is 29.4 Å². The maximum atomic E-state index is 13.6. The first-order chi connectivity index (χ1) is 15.4. The first-order valence-electron chi connectivity index (χ1n) is 10.2. The van der Waals surface area contributed by atoms with Crippen LogP contribution in [0.3, 0.4) is 0 Å². The van der Waals surface area contributed by atoms with Gasteiger partial charge in [-0.15, -0.1) is 0 Å². The number of rotatable bonds is 7. The third kappa shape index (κ3) is 3.99. The summed E-state index contributed by atoms with van der Waals surface area (Å²) in [7, 11) is -3.79. The van der Waals surface area contributed by atoms with Crippen LogP contribution in [-0.2, 0) is 15.6 Å². The van der Waals surface area contributed by atoms with Gasteiger partial charge in [-0.1, -0.05) is 12.1 Å². The second kappa shape index (κ2) is 8.03. The molecule has 5 rings (SSSR count). The highest BCUT2D eigenvalue weighted by Crippen LogP contribution is 2.44. The molecule has 0 radical (unpaired) electrons. The number of sulfone groups is 1. The second-order valence-electron chi connectivity index (χ2n) is 7.90. The highest BCUT2D eigenvalue weighted by Gasteiger charge is 2.31. The maximum absolute atomic E-state index is 13.6. The summed E-state index contributed by atoms with van der Waals surface area (Å²) in [5.74, 6) is -1.19. The molecular weight excluding hydrogens is 444 g/mol. The topological polar surface area (TPSA) is 89.3 Å². The summed E-state index contributed by atoms with van der Waals surface area (Å²) in [6, 6.07) is 15.9. The number of carboxylic acid groups (broad SMARTS) is 1. The molecule has 2 heterocycles. The van der Waals surface area contributed by atoms with Crippen LogP contribution in [0.25, 0.3) is 16.1 Å². The van der Waals surface area contributed by atoms with Crippen molar-refractivity contribution in [3.05, 3.63) is 89.9 Å². The molecule has 0 bridgehead atoms. The van der Waals surface area contributed by atoms with Crippen molar-refractivity contribution in [1.29, 1.82) is 0 Å². The number of hydrogen-bond acceptors (Lipinski definition) is 5. The average Bonchev–Trinajstić information content (AvgIpc) is 3.23. The van der Waals surface area contributed by atoms with Crippen LogP contribution < -0.4 is 0 Å². The molecule has 8 heteroatoms. The minimum Gasteiger partial charge on any atom is -0.478 e. The molecule has 2 aromatic carbocycles. The van der Waals surface area contributed by atoms with E-state index in [1.54, 1.807) is 12.3 Å². The van der Waals surface area contributed by atoms with E-state index in [4.69, 9.17) is 0 Å². The Morgan fingerprint density at radius 2 is 1.88 bits per heavy atom. The van der Waals surface area contributed by atoms with Crippen LogP contribution in [0.4, 0.5) is 0 Å². The van der Waals surface area contributed by atoms with Crippen molar-refractivity contribution in [1.82, 2.24) is 8.94 Å². The van der Waals surface area contributed by atoms with Crippen LogP contribution in [0.1, 0.15) is 40.2 Å². The molecule has 32 heavy (non-hydrogen) atoms. The van der Waals surface area contributed by atoms with Crippen LogP contribution in [0.15, 0.2) is 78.1 Å². The SMILES string of the molecule is O=C(O)c1ccc(C2CC2)c(S(=O)(=O)Cc2cc(-c3ccns3)ccc2-n2cccc2)c1. The lowest BCUT2D eigenvalue weighted by Gasteiger charge is -2.15. The smallest absolute Gasteiger partial charge is 0.335 e. The molecule has 6 nitrogen and oxygen atoms in total. The molecular formula is C24H20N2O4S2. The predicted octanol–water partition coefficient (Wildman–Crippen LogP) is 5.15. The maximum Gasteiger partial charge on any atom is 0.335 e. The highest BCUT2D eigenvalue weighted by atomic mass is 32.2. The Kier molecular flexibility index (Phi) is 5.19. The summed E-state index contributed by atoms with van der Waals surface area (Å²) >= 11 is 1.35. The predicted molar refractivity (Wildman–Crippen MR) is 123 cm³/mol. The minimum absolute atomic E-state index is 0.0166. The van der Waals surface area contributed by atoms with E-state index in [2.05, 4.69) is 4.37 Å². The van der Waals surface area contributed by atoms with Gasteiger partial charge in [-0.2, -0.15) is 0 Å². The zero-order chi connectivity index (χ0) is 22.3. The summed E-state index contributed by atoms with van der Waals surface area (Å²) in [6.07, 6.45) is 7.31. The van der Waals surface area contributed by atoms with E-state index >= 15 is 0 Å². The fraction of sp³-hybridized carbons (Fsp3) is 0.167. The number of hydrogen-bond donors (Lipinski definition) is 1. The van der Waals surface area contributed by atoms with E-state index in [1.807, 2.05) is 53.4 Å². The van der Waals surface area contributed by atoms with Crippen molar-refractivity contribution < 1.29 is 18.3 Å². The van der Waals surface area contributed by atoms with Gasteiger partial charge in [0.25, 0.3) is 0 Å². The monoisotopic (exact) mass is 464 g/mol. The summed E-state index contributed by atoms with van der Waals surface area (Å²) in [4.78, 5) is 12.6. The van der Waals surface area contributed by atoms with Gasteiger partial charge in [-0.25, -0.2) is 17.6 Å². The van der Waals surface area contributed by atoms with Crippen LogP contribution in [0.2, 0.25) is 0 Å². The molecule has 4 aromatic rings. The normalized spacial score (nSPS) is 13.9. The van der Waals surface area contributed by atoms with E-state index in [9.17, 15) is 18.3 Å². The lowest BCUT2D eigenvalue weighted by atomic mass is 10.1. The first-order valence-corrected chi connectivity index (χ1v) is 12.6. The number of carboxylic acids is 1. The molecule has 0 saturated heterocycles. The van der Waals surface area contributed by atoms with Gasteiger partial charge in [-0.05, 0) is 89.4 Å². The zero-order valence-corrected chi connectivity index (χ0v) is 18.6. The molecule has 1 N–H and O–H groups in total. The highest BCUT2D eigenvalue weighted by molar-refractivity contribution is 7.90. The van der Waals surface area contributed by atoms with Gasteiger partial charge in [-0.3, -0.25) is 0 Å². The first kappa shape index (κ1) is 20.7.